The lowest BCUT2D eigenvalue weighted by molar-refractivity contribution is -0.119. The van der Waals surface area contributed by atoms with Crippen LogP contribution in [0.15, 0.2) is 18.2 Å². The SMILES string of the molecule is NC(=O)CN(C(=O)c1ccc(O)cc1O)C1CCNC1. The molecule has 1 aliphatic rings. The molecule has 1 heterocycles. The minimum absolute atomic E-state index is 0.0379. The molecule has 1 unspecified atom stereocenters. The van der Waals surface area contributed by atoms with E-state index in [-0.39, 0.29) is 29.6 Å². The first-order valence-corrected chi connectivity index (χ1v) is 6.31. The van der Waals surface area contributed by atoms with E-state index in [9.17, 15) is 19.8 Å². The minimum atomic E-state index is -0.608. The number of phenolic OH excluding ortho intramolecular Hbond substituents is 2. The largest absolute Gasteiger partial charge is 0.508 e. The lowest BCUT2D eigenvalue weighted by Crippen LogP contribution is -2.46. The van der Waals surface area contributed by atoms with Gasteiger partial charge in [-0.1, -0.05) is 0 Å². The Hall–Kier alpha value is -2.28. The Morgan fingerprint density at radius 1 is 1.40 bits per heavy atom. The van der Waals surface area contributed by atoms with Crippen molar-refractivity contribution in [3.8, 4) is 11.5 Å². The van der Waals surface area contributed by atoms with E-state index in [1.807, 2.05) is 0 Å². The number of nitrogens with one attached hydrogen (secondary N) is 1. The van der Waals surface area contributed by atoms with E-state index in [1.54, 1.807) is 0 Å². The lowest BCUT2D eigenvalue weighted by Gasteiger charge is -2.27. The minimum Gasteiger partial charge on any atom is -0.508 e. The summed E-state index contributed by atoms with van der Waals surface area (Å²) in [6.07, 6.45) is 0.720. The number of nitrogens with zero attached hydrogens (tertiary/aromatic N) is 1. The number of hydrogen-bond donors (Lipinski definition) is 4. The standard InChI is InChI=1S/C13H17N3O4/c14-12(19)7-16(8-3-4-15-6-8)13(20)10-2-1-9(17)5-11(10)18/h1-2,5,8,15,17-18H,3-4,6-7H2,(H2,14,19). The molecule has 7 nitrogen and oxygen atoms in total. The van der Waals surface area contributed by atoms with Crippen molar-refractivity contribution in [3.05, 3.63) is 23.8 Å². The van der Waals surface area contributed by atoms with E-state index in [2.05, 4.69) is 5.32 Å². The molecule has 0 radical (unpaired) electrons. The second kappa shape index (κ2) is 5.79. The van der Waals surface area contributed by atoms with E-state index in [1.165, 1.54) is 17.0 Å². The van der Waals surface area contributed by atoms with Gasteiger partial charge in [-0.05, 0) is 25.1 Å². The van der Waals surface area contributed by atoms with Crippen molar-refractivity contribution in [2.45, 2.75) is 12.5 Å². The Balaban J connectivity index is 2.27. The molecule has 0 aromatic heterocycles. The number of hydrogen-bond acceptors (Lipinski definition) is 5. The molecule has 20 heavy (non-hydrogen) atoms. The second-order valence-corrected chi connectivity index (χ2v) is 4.75. The highest BCUT2D eigenvalue weighted by molar-refractivity contribution is 5.99. The van der Waals surface area contributed by atoms with Crippen LogP contribution in [0, 0.1) is 0 Å². The van der Waals surface area contributed by atoms with Crippen LogP contribution in [-0.4, -0.2) is 52.6 Å². The maximum absolute atomic E-state index is 12.4. The molecule has 0 spiro atoms. The van der Waals surface area contributed by atoms with Crippen LogP contribution in [0.3, 0.4) is 0 Å². The highest BCUT2D eigenvalue weighted by Gasteiger charge is 2.29. The first-order chi connectivity index (χ1) is 9.49. The number of benzene rings is 1. The van der Waals surface area contributed by atoms with Crippen LogP contribution in [0.5, 0.6) is 11.5 Å². The van der Waals surface area contributed by atoms with E-state index in [4.69, 9.17) is 5.73 Å². The van der Waals surface area contributed by atoms with E-state index in [0.29, 0.717) is 6.54 Å². The fourth-order valence-electron chi connectivity index (χ4n) is 2.30. The van der Waals surface area contributed by atoms with Gasteiger partial charge in [-0.3, -0.25) is 9.59 Å². The molecule has 2 rings (SSSR count). The van der Waals surface area contributed by atoms with E-state index >= 15 is 0 Å². The highest BCUT2D eigenvalue weighted by Crippen LogP contribution is 2.25. The summed E-state index contributed by atoms with van der Waals surface area (Å²) in [5.74, 6) is -1.54. The molecule has 1 saturated heterocycles. The third-order valence-electron chi connectivity index (χ3n) is 3.27. The summed E-state index contributed by atoms with van der Waals surface area (Å²) < 4.78 is 0. The summed E-state index contributed by atoms with van der Waals surface area (Å²) in [5, 5.41) is 22.1. The molecule has 1 aliphatic heterocycles. The third-order valence-corrected chi connectivity index (χ3v) is 3.27. The van der Waals surface area contributed by atoms with E-state index < -0.39 is 11.8 Å². The number of carbonyl (C=O) groups excluding carboxylic acids is 2. The zero-order chi connectivity index (χ0) is 14.7. The Kier molecular flexibility index (Phi) is 4.09. The molecule has 2 amide bonds. The van der Waals surface area contributed by atoms with Gasteiger partial charge >= 0.3 is 0 Å². The zero-order valence-electron chi connectivity index (χ0n) is 10.9. The van der Waals surface area contributed by atoms with Crippen molar-refractivity contribution in [1.82, 2.24) is 10.2 Å². The average Bonchev–Trinajstić information content (AvgIpc) is 2.88. The Morgan fingerprint density at radius 2 is 2.15 bits per heavy atom. The molecule has 1 fully saturated rings. The number of amides is 2. The molecule has 0 saturated carbocycles. The third kappa shape index (κ3) is 3.00. The number of primary amides is 1. The van der Waals surface area contributed by atoms with Crippen LogP contribution in [0.1, 0.15) is 16.8 Å². The van der Waals surface area contributed by atoms with Crippen LogP contribution in [0.25, 0.3) is 0 Å². The van der Waals surface area contributed by atoms with Crippen molar-refractivity contribution in [3.63, 3.8) is 0 Å². The number of carbonyl (C=O) groups is 2. The Bertz CT molecular complexity index is 526. The topological polar surface area (TPSA) is 116 Å². The highest BCUT2D eigenvalue weighted by atomic mass is 16.3. The molecular formula is C13H17N3O4. The van der Waals surface area contributed by atoms with Crippen LogP contribution < -0.4 is 11.1 Å². The summed E-state index contributed by atoms with van der Waals surface area (Å²) in [6, 6.07) is 3.58. The predicted octanol–water partition coefficient (Wildman–Crippen LogP) is -0.613. The number of phenols is 2. The molecule has 5 N–H and O–H groups in total. The molecular weight excluding hydrogens is 262 g/mol. The van der Waals surface area contributed by atoms with Gasteiger partial charge in [0, 0.05) is 18.7 Å². The molecule has 108 valence electrons. The quantitative estimate of drug-likeness (QED) is 0.586. The normalized spacial score (nSPS) is 17.9. The Morgan fingerprint density at radius 3 is 2.70 bits per heavy atom. The monoisotopic (exact) mass is 279 g/mol. The molecule has 0 aliphatic carbocycles. The first kappa shape index (κ1) is 14.1. The van der Waals surface area contributed by atoms with Gasteiger partial charge in [-0.2, -0.15) is 0 Å². The fourth-order valence-corrected chi connectivity index (χ4v) is 2.30. The maximum Gasteiger partial charge on any atom is 0.258 e. The molecule has 1 aromatic rings. The van der Waals surface area contributed by atoms with Crippen molar-refractivity contribution >= 4 is 11.8 Å². The number of aromatic hydroxyl groups is 2. The summed E-state index contributed by atoms with van der Waals surface area (Å²) >= 11 is 0. The van der Waals surface area contributed by atoms with Crippen molar-refractivity contribution in [2.75, 3.05) is 19.6 Å². The van der Waals surface area contributed by atoms with Gasteiger partial charge in [0.05, 0.1) is 12.1 Å². The summed E-state index contributed by atoms with van der Waals surface area (Å²) in [7, 11) is 0. The molecule has 1 atom stereocenters. The van der Waals surface area contributed by atoms with Crippen LogP contribution in [-0.2, 0) is 4.79 Å². The summed E-state index contributed by atoms with van der Waals surface area (Å²) in [5.41, 5.74) is 5.22. The molecule has 1 aromatic carbocycles. The van der Waals surface area contributed by atoms with Gasteiger partial charge in [0.1, 0.15) is 11.5 Å². The molecule has 0 bridgehead atoms. The van der Waals surface area contributed by atoms with Crippen LogP contribution in [0.4, 0.5) is 0 Å². The summed E-state index contributed by atoms with van der Waals surface area (Å²) in [4.78, 5) is 25.0. The van der Waals surface area contributed by atoms with Crippen LogP contribution >= 0.6 is 0 Å². The predicted molar refractivity (Wildman–Crippen MR) is 71.3 cm³/mol. The fraction of sp³-hybridized carbons (Fsp3) is 0.385. The van der Waals surface area contributed by atoms with Gasteiger partial charge in [0.2, 0.25) is 5.91 Å². The maximum atomic E-state index is 12.4. The first-order valence-electron chi connectivity index (χ1n) is 6.31. The van der Waals surface area contributed by atoms with Gasteiger partial charge in [-0.25, -0.2) is 0 Å². The van der Waals surface area contributed by atoms with Crippen molar-refractivity contribution in [2.24, 2.45) is 5.73 Å². The van der Waals surface area contributed by atoms with Gasteiger partial charge in [0.25, 0.3) is 5.91 Å². The van der Waals surface area contributed by atoms with Crippen molar-refractivity contribution < 1.29 is 19.8 Å². The zero-order valence-corrected chi connectivity index (χ0v) is 10.9. The second-order valence-electron chi connectivity index (χ2n) is 4.75. The number of nitrogens with two attached hydrogens (primary N) is 1. The Labute approximate surface area is 116 Å². The number of rotatable bonds is 4. The van der Waals surface area contributed by atoms with Gasteiger partial charge in [-0.15, -0.1) is 0 Å². The average molecular weight is 279 g/mol. The van der Waals surface area contributed by atoms with Gasteiger partial charge in [0.15, 0.2) is 0 Å². The molecule has 7 heteroatoms. The van der Waals surface area contributed by atoms with Crippen LogP contribution in [0.2, 0.25) is 0 Å². The van der Waals surface area contributed by atoms with Gasteiger partial charge < -0.3 is 26.2 Å². The summed E-state index contributed by atoms with van der Waals surface area (Å²) in [6.45, 7) is 1.14. The lowest BCUT2D eigenvalue weighted by atomic mass is 10.1. The van der Waals surface area contributed by atoms with E-state index in [0.717, 1.165) is 19.0 Å². The van der Waals surface area contributed by atoms with Crippen molar-refractivity contribution in [1.29, 1.82) is 0 Å². The smallest absolute Gasteiger partial charge is 0.258 e.